The van der Waals surface area contributed by atoms with Crippen molar-refractivity contribution in [2.45, 2.75) is 13.0 Å². The van der Waals surface area contributed by atoms with Gasteiger partial charge in [-0.15, -0.1) is 0 Å². The number of rotatable bonds is 3. The van der Waals surface area contributed by atoms with Crippen molar-refractivity contribution in [3.63, 3.8) is 0 Å². The molecule has 2 N–H and O–H groups in total. The van der Waals surface area contributed by atoms with Crippen LogP contribution in [-0.4, -0.2) is 52.5 Å². The van der Waals surface area contributed by atoms with E-state index in [1.807, 2.05) is 18.8 Å². The molecule has 0 spiro atoms. The van der Waals surface area contributed by atoms with E-state index in [0.29, 0.717) is 12.4 Å². The molecule has 2 heterocycles. The summed E-state index contributed by atoms with van der Waals surface area (Å²) in [4.78, 5) is 22.4. The second-order valence-electron chi connectivity index (χ2n) is 4.32. The zero-order chi connectivity index (χ0) is 13.8. The van der Waals surface area contributed by atoms with Crippen molar-refractivity contribution in [3.05, 3.63) is 17.6 Å². The molecule has 0 bridgehead atoms. The first-order valence-corrected chi connectivity index (χ1v) is 7.36. The van der Waals surface area contributed by atoms with Crippen LogP contribution in [0.25, 0.3) is 0 Å². The van der Waals surface area contributed by atoms with Crippen molar-refractivity contribution < 1.29 is 9.53 Å². The van der Waals surface area contributed by atoms with Gasteiger partial charge in [-0.3, -0.25) is 4.90 Å². The van der Waals surface area contributed by atoms with Gasteiger partial charge in [0.1, 0.15) is 17.2 Å². The first kappa shape index (κ1) is 14.1. The van der Waals surface area contributed by atoms with E-state index in [1.54, 1.807) is 6.92 Å². The topological polar surface area (TPSA) is 81.3 Å². The Morgan fingerprint density at radius 2 is 2.47 bits per heavy atom. The number of anilines is 1. The van der Waals surface area contributed by atoms with Gasteiger partial charge in [0.25, 0.3) is 0 Å². The number of thioether (sulfide) groups is 1. The van der Waals surface area contributed by atoms with Gasteiger partial charge in [-0.1, -0.05) is 0 Å². The Balaban J connectivity index is 2.20. The fourth-order valence-electron chi connectivity index (χ4n) is 1.89. The van der Waals surface area contributed by atoms with Crippen LogP contribution in [0, 0.1) is 0 Å². The number of ether oxygens (including phenoxy) is 1. The normalized spacial score (nSPS) is 20.2. The summed E-state index contributed by atoms with van der Waals surface area (Å²) in [6.45, 7) is 3.05. The number of hydrogen-bond donors (Lipinski definition) is 1. The Morgan fingerprint density at radius 1 is 1.68 bits per heavy atom. The minimum atomic E-state index is -0.474. The number of esters is 1. The van der Waals surface area contributed by atoms with Crippen molar-refractivity contribution in [2.75, 3.05) is 37.4 Å². The molecule has 0 saturated carbocycles. The van der Waals surface area contributed by atoms with Gasteiger partial charge in [-0.05, 0) is 14.0 Å². The predicted octanol–water partition coefficient (Wildman–Crippen LogP) is 0.955. The lowest BCUT2D eigenvalue weighted by atomic mass is 10.2. The number of hydrogen-bond acceptors (Lipinski definition) is 7. The van der Waals surface area contributed by atoms with Crippen molar-refractivity contribution in [3.8, 4) is 0 Å². The Hall–Kier alpha value is -1.34. The van der Waals surface area contributed by atoms with Crippen LogP contribution in [0.1, 0.15) is 29.1 Å². The maximum atomic E-state index is 11.6. The van der Waals surface area contributed by atoms with E-state index in [2.05, 4.69) is 14.9 Å². The van der Waals surface area contributed by atoms with Crippen molar-refractivity contribution in [1.29, 1.82) is 0 Å². The Labute approximate surface area is 116 Å². The van der Waals surface area contributed by atoms with Gasteiger partial charge in [0.2, 0.25) is 0 Å². The van der Waals surface area contributed by atoms with Gasteiger partial charge >= 0.3 is 5.97 Å². The summed E-state index contributed by atoms with van der Waals surface area (Å²) < 4.78 is 4.90. The molecule has 0 radical (unpaired) electrons. The van der Waals surface area contributed by atoms with Gasteiger partial charge in [0, 0.05) is 24.2 Å². The number of carbonyl (C=O) groups is 1. The van der Waals surface area contributed by atoms with Gasteiger partial charge in [-0.2, -0.15) is 11.8 Å². The molecule has 2 rings (SSSR count). The number of nitrogen functional groups attached to an aromatic ring is 1. The molecular weight excluding hydrogens is 264 g/mol. The van der Waals surface area contributed by atoms with Gasteiger partial charge in [0.05, 0.1) is 12.6 Å². The predicted molar refractivity (Wildman–Crippen MR) is 75.1 cm³/mol. The summed E-state index contributed by atoms with van der Waals surface area (Å²) >= 11 is 1.87. The van der Waals surface area contributed by atoms with Crippen LogP contribution in [0.3, 0.4) is 0 Å². The van der Waals surface area contributed by atoms with E-state index in [9.17, 15) is 4.79 Å². The number of nitrogens with zero attached hydrogens (tertiary/aromatic N) is 3. The fraction of sp³-hybridized carbons (Fsp3) is 0.583. The Morgan fingerprint density at radius 3 is 3.11 bits per heavy atom. The standard InChI is InChI=1S/C12H18N4O2S/c1-3-18-12(17)8-6-14-11(15-10(8)13)9-7-19-5-4-16(9)2/h6,9H,3-5,7H2,1-2H3,(H2,13,14,15). The quantitative estimate of drug-likeness (QED) is 0.827. The molecule has 1 aliphatic heterocycles. The summed E-state index contributed by atoms with van der Waals surface area (Å²) in [7, 11) is 2.04. The highest BCUT2D eigenvalue weighted by molar-refractivity contribution is 7.99. The molecule has 1 aromatic heterocycles. The molecule has 1 atom stereocenters. The summed E-state index contributed by atoms with van der Waals surface area (Å²) in [5, 5.41) is 0. The highest BCUT2D eigenvalue weighted by atomic mass is 32.2. The second-order valence-corrected chi connectivity index (χ2v) is 5.47. The molecule has 1 aliphatic rings. The van der Waals surface area contributed by atoms with E-state index >= 15 is 0 Å². The third-order valence-corrected chi connectivity index (χ3v) is 4.05. The molecule has 1 fully saturated rings. The van der Waals surface area contributed by atoms with Crippen LogP contribution < -0.4 is 5.73 Å². The minimum absolute atomic E-state index is 0.150. The number of carbonyl (C=O) groups excluding carboxylic acids is 1. The average molecular weight is 282 g/mol. The van der Waals surface area contributed by atoms with Gasteiger partial charge in [0.15, 0.2) is 0 Å². The summed E-state index contributed by atoms with van der Waals surface area (Å²) in [5.74, 6) is 2.43. The van der Waals surface area contributed by atoms with E-state index in [4.69, 9.17) is 10.5 Å². The molecule has 1 aromatic rings. The lowest BCUT2D eigenvalue weighted by Crippen LogP contribution is -2.34. The summed E-state index contributed by atoms with van der Waals surface area (Å²) in [6, 6.07) is 0.150. The summed E-state index contributed by atoms with van der Waals surface area (Å²) in [5.41, 5.74) is 6.06. The molecule has 0 amide bonds. The average Bonchev–Trinajstić information content (AvgIpc) is 2.39. The van der Waals surface area contributed by atoms with Crippen molar-refractivity contribution >= 4 is 23.5 Å². The Kier molecular flexibility index (Phi) is 4.60. The monoisotopic (exact) mass is 282 g/mol. The SMILES string of the molecule is CCOC(=O)c1cnc(C2CSCCN2C)nc1N. The third-order valence-electron chi connectivity index (χ3n) is 3.03. The van der Waals surface area contributed by atoms with Gasteiger partial charge < -0.3 is 10.5 Å². The largest absolute Gasteiger partial charge is 0.462 e. The lowest BCUT2D eigenvalue weighted by Gasteiger charge is -2.30. The molecule has 1 unspecified atom stereocenters. The molecule has 0 aromatic carbocycles. The first-order valence-electron chi connectivity index (χ1n) is 6.21. The minimum Gasteiger partial charge on any atom is -0.462 e. The molecule has 0 aliphatic carbocycles. The van der Waals surface area contributed by atoms with Crippen LogP contribution in [0.4, 0.5) is 5.82 Å². The zero-order valence-electron chi connectivity index (χ0n) is 11.1. The first-order chi connectivity index (χ1) is 9.13. The highest BCUT2D eigenvalue weighted by Gasteiger charge is 2.25. The van der Waals surface area contributed by atoms with Crippen molar-refractivity contribution in [1.82, 2.24) is 14.9 Å². The molecule has 6 nitrogen and oxygen atoms in total. The van der Waals surface area contributed by atoms with Crippen LogP contribution in [0.2, 0.25) is 0 Å². The maximum absolute atomic E-state index is 11.6. The van der Waals surface area contributed by atoms with Gasteiger partial charge in [-0.25, -0.2) is 14.8 Å². The third kappa shape index (κ3) is 3.16. The fourth-order valence-corrected chi connectivity index (χ4v) is 3.10. The smallest absolute Gasteiger partial charge is 0.343 e. The van der Waals surface area contributed by atoms with E-state index in [1.165, 1.54) is 6.20 Å². The summed E-state index contributed by atoms with van der Waals surface area (Å²) in [6.07, 6.45) is 1.46. The number of nitrogens with two attached hydrogens (primary N) is 1. The van der Waals surface area contributed by atoms with Crippen LogP contribution in [-0.2, 0) is 4.74 Å². The number of aromatic nitrogens is 2. The molecular formula is C12H18N4O2S. The van der Waals surface area contributed by atoms with Crippen LogP contribution >= 0.6 is 11.8 Å². The molecule has 19 heavy (non-hydrogen) atoms. The van der Waals surface area contributed by atoms with Crippen LogP contribution in [0.15, 0.2) is 6.20 Å². The molecule has 1 saturated heterocycles. The Bertz CT molecular complexity index is 469. The van der Waals surface area contributed by atoms with Crippen LogP contribution in [0.5, 0.6) is 0 Å². The highest BCUT2D eigenvalue weighted by Crippen LogP contribution is 2.26. The van der Waals surface area contributed by atoms with E-state index in [-0.39, 0.29) is 17.4 Å². The van der Waals surface area contributed by atoms with E-state index in [0.717, 1.165) is 18.1 Å². The maximum Gasteiger partial charge on any atom is 0.343 e. The zero-order valence-corrected chi connectivity index (χ0v) is 11.9. The lowest BCUT2D eigenvalue weighted by molar-refractivity contribution is 0.0526. The second kappa shape index (κ2) is 6.21. The molecule has 7 heteroatoms. The molecule has 104 valence electrons. The van der Waals surface area contributed by atoms with Crippen molar-refractivity contribution in [2.24, 2.45) is 0 Å². The van der Waals surface area contributed by atoms with E-state index < -0.39 is 5.97 Å².